The lowest BCUT2D eigenvalue weighted by Gasteiger charge is -2.31. The van der Waals surface area contributed by atoms with E-state index >= 15 is 0 Å². The van der Waals surface area contributed by atoms with Gasteiger partial charge in [-0.1, -0.05) is 22.4 Å². The maximum Gasteiger partial charge on any atom is 0.256 e. The highest BCUT2D eigenvalue weighted by Crippen LogP contribution is 2.27. The first kappa shape index (κ1) is 13.5. The summed E-state index contributed by atoms with van der Waals surface area (Å²) in [5, 5.41) is 0. The highest BCUT2D eigenvalue weighted by atomic mass is 79.9. The number of hydrogen-bond acceptors (Lipinski definition) is 1. The van der Waals surface area contributed by atoms with Crippen molar-refractivity contribution in [2.75, 3.05) is 13.1 Å². The van der Waals surface area contributed by atoms with Gasteiger partial charge in [-0.3, -0.25) is 4.79 Å². The van der Waals surface area contributed by atoms with Gasteiger partial charge in [0.1, 0.15) is 5.82 Å². The van der Waals surface area contributed by atoms with Crippen LogP contribution in [0.15, 0.2) is 22.7 Å². The van der Waals surface area contributed by atoms with E-state index in [0.29, 0.717) is 16.9 Å². The van der Waals surface area contributed by atoms with Crippen LogP contribution in [0.2, 0.25) is 0 Å². The van der Waals surface area contributed by atoms with E-state index in [-0.39, 0.29) is 11.5 Å². The molecule has 1 aromatic carbocycles. The van der Waals surface area contributed by atoms with Crippen molar-refractivity contribution in [3.05, 3.63) is 34.1 Å². The summed E-state index contributed by atoms with van der Waals surface area (Å²) in [4.78, 5) is 14.0. The molecule has 0 heterocycles. The Kier molecular flexibility index (Phi) is 4.38. The SMILES string of the molecule is CCN(CC1CCC1)C(=O)c1ccc(Br)cc1F. The zero-order valence-electron chi connectivity index (χ0n) is 10.5. The van der Waals surface area contributed by atoms with Crippen molar-refractivity contribution in [1.82, 2.24) is 4.90 Å². The molecule has 0 bridgehead atoms. The van der Waals surface area contributed by atoms with E-state index in [1.54, 1.807) is 17.0 Å². The quantitative estimate of drug-likeness (QED) is 0.826. The molecule has 0 aromatic heterocycles. The second-order valence-electron chi connectivity index (χ2n) is 4.76. The van der Waals surface area contributed by atoms with Crippen molar-refractivity contribution in [2.24, 2.45) is 5.92 Å². The Morgan fingerprint density at radius 1 is 1.50 bits per heavy atom. The van der Waals surface area contributed by atoms with Crippen LogP contribution in [-0.2, 0) is 0 Å². The number of hydrogen-bond donors (Lipinski definition) is 0. The average Bonchev–Trinajstić information content (AvgIpc) is 2.27. The summed E-state index contributed by atoms with van der Waals surface area (Å²) in [6.07, 6.45) is 3.63. The molecule has 1 fully saturated rings. The molecule has 2 rings (SSSR count). The second-order valence-corrected chi connectivity index (χ2v) is 5.68. The first-order valence-corrected chi connectivity index (χ1v) is 7.15. The van der Waals surface area contributed by atoms with Crippen LogP contribution in [0.4, 0.5) is 4.39 Å². The second kappa shape index (κ2) is 5.83. The third-order valence-electron chi connectivity index (χ3n) is 3.53. The van der Waals surface area contributed by atoms with Crippen molar-refractivity contribution in [3.8, 4) is 0 Å². The summed E-state index contributed by atoms with van der Waals surface area (Å²) >= 11 is 3.20. The Morgan fingerprint density at radius 3 is 2.72 bits per heavy atom. The first-order valence-electron chi connectivity index (χ1n) is 6.36. The third kappa shape index (κ3) is 2.91. The third-order valence-corrected chi connectivity index (χ3v) is 4.03. The Hall–Kier alpha value is -0.900. The van der Waals surface area contributed by atoms with E-state index in [1.807, 2.05) is 6.92 Å². The van der Waals surface area contributed by atoms with Crippen LogP contribution in [0.1, 0.15) is 36.5 Å². The Labute approximate surface area is 115 Å². The number of nitrogens with zero attached hydrogens (tertiary/aromatic N) is 1. The van der Waals surface area contributed by atoms with E-state index in [1.165, 1.54) is 25.3 Å². The molecule has 0 spiro atoms. The highest BCUT2D eigenvalue weighted by molar-refractivity contribution is 9.10. The van der Waals surface area contributed by atoms with E-state index in [0.717, 1.165) is 6.54 Å². The number of carbonyl (C=O) groups is 1. The summed E-state index contributed by atoms with van der Waals surface area (Å²) in [7, 11) is 0. The number of carbonyl (C=O) groups excluding carboxylic acids is 1. The summed E-state index contributed by atoms with van der Waals surface area (Å²) in [5.74, 6) is -0.0526. The fourth-order valence-corrected chi connectivity index (χ4v) is 2.51. The van der Waals surface area contributed by atoms with Crippen molar-refractivity contribution in [1.29, 1.82) is 0 Å². The van der Waals surface area contributed by atoms with Crippen molar-refractivity contribution in [2.45, 2.75) is 26.2 Å². The van der Waals surface area contributed by atoms with Gasteiger partial charge in [0.2, 0.25) is 0 Å². The fourth-order valence-electron chi connectivity index (χ4n) is 2.18. The molecular formula is C14H17BrFNO. The minimum absolute atomic E-state index is 0.166. The van der Waals surface area contributed by atoms with E-state index < -0.39 is 5.82 Å². The molecule has 1 aliphatic rings. The predicted molar refractivity (Wildman–Crippen MR) is 73.0 cm³/mol. The Morgan fingerprint density at radius 2 is 2.22 bits per heavy atom. The van der Waals surface area contributed by atoms with Crippen LogP contribution in [0.25, 0.3) is 0 Å². The summed E-state index contributed by atoms with van der Waals surface area (Å²) in [5.41, 5.74) is 0.166. The fraction of sp³-hybridized carbons (Fsp3) is 0.500. The molecule has 18 heavy (non-hydrogen) atoms. The molecule has 0 aliphatic heterocycles. The maximum absolute atomic E-state index is 13.8. The lowest BCUT2D eigenvalue weighted by atomic mass is 9.85. The lowest BCUT2D eigenvalue weighted by molar-refractivity contribution is 0.0702. The number of rotatable bonds is 4. The molecule has 0 N–H and O–H groups in total. The normalized spacial score (nSPS) is 15.3. The number of amides is 1. The van der Waals surface area contributed by atoms with Gasteiger partial charge in [0.15, 0.2) is 0 Å². The first-order chi connectivity index (χ1) is 8.61. The minimum atomic E-state index is -0.457. The van der Waals surface area contributed by atoms with Gasteiger partial charge in [-0.15, -0.1) is 0 Å². The largest absolute Gasteiger partial charge is 0.339 e. The lowest BCUT2D eigenvalue weighted by Crippen LogP contribution is -2.37. The van der Waals surface area contributed by atoms with Crippen LogP contribution in [-0.4, -0.2) is 23.9 Å². The maximum atomic E-state index is 13.8. The van der Waals surface area contributed by atoms with Gasteiger partial charge in [0, 0.05) is 17.6 Å². The molecule has 1 amide bonds. The van der Waals surface area contributed by atoms with Crippen molar-refractivity contribution in [3.63, 3.8) is 0 Å². The van der Waals surface area contributed by atoms with Gasteiger partial charge < -0.3 is 4.90 Å². The van der Waals surface area contributed by atoms with Gasteiger partial charge in [-0.25, -0.2) is 4.39 Å². The van der Waals surface area contributed by atoms with E-state index in [9.17, 15) is 9.18 Å². The summed E-state index contributed by atoms with van der Waals surface area (Å²) in [6.45, 7) is 3.32. The Balaban J connectivity index is 2.11. The molecule has 1 aromatic rings. The van der Waals surface area contributed by atoms with Gasteiger partial charge in [0.05, 0.1) is 5.56 Å². The van der Waals surface area contributed by atoms with Gasteiger partial charge in [-0.2, -0.15) is 0 Å². The Bertz CT molecular complexity index is 445. The van der Waals surface area contributed by atoms with Gasteiger partial charge in [0.25, 0.3) is 5.91 Å². The van der Waals surface area contributed by atoms with Crippen molar-refractivity contribution >= 4 is 21.8 Å². The van der Waals surface area contributed by atoms with Gasteiger partial charge in [-0.05, 0) is 43.9 Å². The van der Waals surface area contributed by atoms with Crippen LogP contribution >= 0.6 is 15.9 Å². The van der Waals surface area contributed by atoms with Gasteiger partial charge >= 0.3 is 0 Å². The number of halogens is 2. The molecule has 0 unspecified atom stereocenters. The monoisotopic (exact) mass is 313 g/mol. The molecule has 0 radical (unpaired) electrons. The molecule has 0 saturated heterocycles. The van der Waals surface area contributed by atoms with Crippen LogP contribution in [0.3, 0.4) is 0 Å². The summed E-state index contributed by atoms with van der Waals surface area (Å²) < 4.78 is 14.4. The van der Waals surface area contributed by atoms with E-state index in [4.69, 9.17) is 0 Å². The highest BCUT2D eigenvalue weighted by Gasteiger charge is 2.24. The average molecular weight is 314 g/mol. The topological polar surface area (TPSA) is 20.3 Å². The standard InChI is InChI=1S/C14H17BrFNO/c1-2-17(9-10-4-3-5-10)14(18)12-7-6-11(15)8-13(12)16/h6-8,10H,2-5,9H2,1H3. The van der Waals surface area contributed by atoms with Crippen LogP contribution < -0.4 is 0 Å². The van der Waals surface area contributed by atoms with Crippen LogP contribution in [0, 0.1) is 11.7 Å². The van der Waals surface area contributed by atoms with Crippen molar-refractivity contribution < 1.29 is 9.18 Å². The number of benzene rings is 1. The zero-order chi connectivity index (χ0) is 13.1. The summed E-state index contributed by atoms with van der Waals surface area (Å²) in [6, 6.07) is 4.59. The molecule has 4 heteroatoms. The molecule has 0 atom stereocenters. The molecular weight excluding hydrogens is 297 g/mol. The molecule has 98 valence electrons. The van der Waals surface area contributed by atoms with E-state index in [2.05, 4.69) is 15.9 Å². The predicted octanol–water partition coefficient (Wildman–Crippen LogP) is 3.85. The smallest absolute Gasteiger partial charge is 0.256 e. The molecule has 1 saturated carbocycles. The minimum Gasteiger partial charge on any atom is -0.339 e. The van der Waals surface area contributed by atoms with Crippen LogP contribution in [0.5, 0.6) is 0 Å². The molecule has 2 nitrogen and oxygen atoms in total. The zero-order valence-corrected chi connectivity index (χ0v) is 12.0. The molecule has 1 aliphatic carbocycles.